The standard InChI is InChI=1S/C7H15O/c1-3-4-5-7(2)6-8/h7H,3-6H2,1-2H3. The van der Waals surface area contributed by atoms with E-state index in [1.807, 2.05) is 6.92 Å². The number of hydrogen-bond donors (Lipinski definition) is 0. The molecule has 0 rings (SSSR count). The second kappa shape index (κ2) is 5.10. The maximum absolute atomic E-state index is 10.1. The van der Waals surface area contributed by atoms with Crippen LogP contribution in [-0.2, 0) is 5.11 Å². The quantitative estimate of drug-likeness (QED) is 0.535. The van der Waals surface area contributed by atoms with Crippen LogP contribution in [0.25, 0.3) is 0 Å². The van der Waals surface area contributed by atoms with Crippen LogP contribution in [0.1, 0.15) is 33.1 Å². The predicted molar refractivity (Wildman–Crippen MR) is 34.2 cm³/mol. The van der Waals surface area contributed by atoms with Gasteiger partial charge in [0.25, 0.3) is 0 Å². The molecule has 8 heavy (non-hydrogen) atoms. The molecule has 0 aromatic carbocycles. The molecule has 0 aromatic heterocycles. The molecule has 0 bridgehead atoms. The third kappa shape index (κ3) is 4.13. The zero-order valence-corrected chi connectivity index (χ0v) is 5.81. The van der Waals surface area contributed by atoms with Crippen LogP contribution in [-0.4, -0.2) is 6.61 Å². The fourth-order valence-electron chi connectivity index (χ4n) is 0.636. The third-order valence-corrected chi connectivity index (χ3v) is 1.33. The van der Waals surface area contributed by atoms with Gasteiger partial charge in [-0.1, -0.05) is 26.7 Å². The van der Waals surface area contributed by atoms with Crippen molar-refractivity contribution in [3.05, 3.63) is 0 Å². The Kier molecular flexibility index (Phi) is 5.08. The van der Waals surface area contributed by atoms with Gasteiger partial charge in [-0.15, -0.1) is 0 Å². The van der Waals surface area contributed by atoms with Gasteiger partial charge in [-0.3, -0.25) is 0 Å². The SMILES string of the molecule is CCCCC(C)C[O]. The Morgan fingerprint density at radius 1 is 1.50 bits per heavy atom. The van der Waals surface area contributed by atoms with Gasteiger partial charge in [0, 0.05) is 0 Å². The van der Waals surface area contributed by atoms with Gasteiger partial charge in [0.15, 0.2) is 0 Å². The molecule has 0 fully saturated rings. The number of rotatable bonds is 4. The molecule has 0 saturated carbocycles. The lowest BCUT2D eigenvalue weighted by Crippen LogP contribution is -1.97. The van der Waals surface area contributed by atoms with Gasteiger partial charge in [0.2, 0.25) is 0 Å². The minimum Gasteiger partial charge on any atom is -0.236 e. The van der Waals surface area contributed by atoms with E-state index in [9.17, 15) is 5.11 Å². The van der Waals surface area contributed by atoms with Gasteiger partial charge in [0.05, 0.1) is 6.61 Å². The maximum Gasteiger partial charge on any atom is 0.0847 e. The molecule has 0 aromatic rings. The molecular weight excluding hydrogens is 100 g/mol. The van der Waals surface area contributed by atoms with Crippen LogP contribution in [0, 0.1) is 5.92 Å². The summed E-state index contributed by atoms with van der Waals surface area (Å²) in [5.41, 5.74) is 0. The summed E-state index contributed by atoms with van der Waals surface area (Å²) in [5, 5.41) is 10.1. The van der Waals surface area contributed by atoms with Crippen LogP contribution < -0.4 is 0 Å². The average molecular weight is 115 g/mol. The van der Waals surface area contributed by atoms with Crippen molar-refractivity contribution in [2.75, 3.05) is 6.61 Å². The van der Waals surface area contributed by atoms with E-state index in [2.05, 4.69) is 6.92 Å². The Morgan fingerprint density at radius 2 is 2.12 bits per heavy atom. The first kappa shape index (κ1) is 7.96. The Balaban J connectivity index is 2.86. The Morgan fingerprint density at radius 3 is 2.50 bits per heavy atom. The molecule has 0 aliphatic carbocycles. The second-order valence-electron chi connectivity index (χ2n) is 2.41. The lowest BCUT2D eigenvalue weighted by atomic mass is 10.1. The summed E-state index contributed by atoms with van der Waals surface area (Å²) in [5.74, 6) is 0.398. The van der Waals surface area contributed by atoms with E-state index in [1.165, 1.54) is 12.8 Å². The molecule has 49 valence electrons. The molecule has 0 amide bonds. The summed E-state index contributed by atoms with van der Waals surface area (Å²) in [6.07, 6.45) is 3.54. The van der Waals surface area contributed by atoms with E-state index < -0.39 is 0 Å². The molecule has 1 radical (unpaired) electrons. The first-order valence-electron chi connectivity index (χ1n) is 3.39. The fraction of sp³-hybridized carbons (Fsp3) is 1.00. The van der Waals surface area contributed by atoms with Crippen molar-refractivity contribution >= 4 is 0 Å². The first-order valence-corrected chi connectivity index (χ1v) is 3.39. The molecule has 1 unspecified atom stereocenters. The summed E-state index contributed by atoms with van der Waals surface area (Å²) in [4.78, 5) is 0. The van der Waals surface area contributed by atoms with Crippen LogP contribution in [0.4, 0.5) is 0 Å². The van der Waals surface area contributed by atoms with E-state index in [0.29, 0.717) is 5.92 Å². The van der Waals surface area contributed by atoms with Gasteiger partial charge in [-0.05, 0) is 12.3 Å². The zero-order chi connectivity index (χ0) is 6.41. The van der Waals surface area contributed by atoms with Gasteiger partial charge < -0.3 is 0 Å². The maximum atomic E-state index is 10.1. The highest BCUT2D eigenvalue weighted by atomic mass is 16.3. The highest BCUT2D eigenvalue weighted by Gasteiger charge is 1.97. The molecule has 1 atom stereocenters. The van der Waals surface area contributed by atoms with Gasteiger partial charge in [-0.2, -0.15) is 0 Å². The summed E-state index contributed by atoms with van der Waals surface area (Å²) in [7, 11) is 0. The van der Waals surface area contributed by atoms with Crippen molar-refractivity contribution in [2.24, 2.45) is 5.92 Å². The highest BCUT2D eigenvalue weighted by Crippen LogP contribution is 2.05. The molecule has 0 heterocycles. The molecule has 1 nitrogen and oxygen atoms in total. The summed E-state index contributed by atoms with van der Waals surface area (Å²) >= 11 is 0. The zero-order valence-electron chi connectivity index (χ0n) is 5.81. The van der Waals surface area contributed by atoms with Gasteiger partial charge in [0.1, 0.15) is 0 Å². The molecular formula is C7H15O. The fourth-order valence-corrected chi connectivity index (χ4v) is 0.636. The van der Waals surface area contributed by atoms with Crippen molar-refractivity contribution in [3.8, 4) is 0 Å². The van der Waals surface area contributed by atoms with E-state index in [1.54, 1.807) is 0 Å². The van der Waals surface area contributed by atoms with E-state index in [-0.39, 0.29) is 6.61 Å². The summed E-state index contributed by atoms with van der Waals surface area (Å²) in [6.45, 7) is 4.26. The molecule has 0 N–H and O–H groups in total. The van der Waals surface area contributed by atoms with Crippen molar-refractivity contribution in [1.29, 1.82) is 0 Å². The van der Waals surface area contributed by atoms with Crippen LogP contribution in [0.3, 0.4) is 0 Å². The largest absolute Gasteiger partial charge is 0.236 e. The minimum atomic E-state index is 0.0972. The second-order valence-corrected chi connectivity index (χ2v) is 2.41. The van der Waals surface area contributed by atoms with E-state index in [0.717, 1.165) is 6.42 Å². The van der Waals surface area contributed by atoms with E-state index >= 15 is 0 Å². The smallest absolute Gasteiger partial charge is 0.0847 e. The number of hydrogen-bond acceptors (Lipinski definition) is 0. The summed E-state index contributed by atoms with van der Waals surface area (Å²) < 4.78 is 0. The normalized spacial score (nSPS) is 13.9. The minimum absolute atomic E-state index is 0.0972. The van der Waals surface area contributed by atoms with Gasteiger partial charge in [-0.25, -0.2) is 5.11 Å². The van der Waals surface area contributed by atoms with Crippen LogP contribution in [0.5, 0.6) is 0 Å². The molecule has 1 heteroatoms. The van der Waals surface area contributed by atoms with Gasteiger partial charge >= 0.3 is 0 Å². The monoisotopic (exact) mass is 115 g/mol. The molecule has 0 aliphatic rings. The van der Waals surface area contributed by atoms with Crippen molar-refractivity contribution < 1.29 is 5.11 Å². The lowest BCUT2D eigenvalue weighted by Gasteiger charge is -2.02. The third-order valence-electron chi connectivity index (χ3n) is 1.33. The van der Waals surface area contributed by atoms with Crippen LogP contribution in [0.2, 0.25) is 0 Å². The predicted octanol–water partition coefficient (Wildman–Crippen LogP) is 2.24. The van der Waals surface area contributed by atoms with Crippen LogP contribution >= 0.6 is 0 Å². The molecule has 0 saturated heterocycles. The topological polar surface area (TPSA) is 19.9 Å². The highest BCUT2D eigenvalue weighted by molar-refractivity contribution is 4.47. The van der Waals surface area contributed by atoms with E-state index in [4.69, 9.17) is 0 Å². The van der Waals surface area contributed by atoms with Crippen molar-refractivity contribution in [2.45, 2.75) is 33.1 Å². The van der Waals surface area contributed by atoms with Crippen molar-refractivity contribution in [1.82, 2.24) is 0 Å². The summed E-state index contributed by atoms with van der Waals surface area (Å²) in [6, 6.07) is 0. The average Bonchev–Trinajstić information content (AvgIpc) is 1.83. The van der Waals surface area contributed by atoms with Crippen molar-refractivity contribution in [3.63, 3.8) is 0 Å². The Hall–Kier alpha value is -0.0400. The lowest BCUT2D eigenvalue weighted by molar-refractivity contribution is 0.145. The Labute approximate surface area is 51.7 Å². The first-order chi connectivity index (χ1) is 3.81. The number of unbranched alkanes of at least 4 members (excludes halogenated alkanes) is 1. The van der Waals surface area contributed by atoms with Crippen LogP contribution in [0.15, 0.2) is 0 Å². The Bertz CT molecular complexity index is 43.7. The molecule has 0 aliphatic heterocycles. The molecule has 0 spiro atoms.